The molecule has 1 unspecified atom stereocenters. The molecule has 2 amide bonds. The summed E-state index contributed by atoms with van der Waals surface area (Å²) in [6.07, 6.45) is 1.86. The van der Waals surface area contributed by atoms with Gasteiger partial charge in [0.2, 0.25) is 5.91 Å². The lowest BCUT2D eigenvalue weighted by atomic mass is 9.89. The van der Waals surface area contributed by atoms with Crippen LogP contribution in [0.15, 0.2) is 48.5 Å². The van der Waals surface area contributed by atoms with Crippen molar-refractivity contribution in [2.75, 3.05) is 6.61 Å². The van der Waals surface area contributed by atoms with E-state index in [1.807, 2.05) is 38.1 Å². The molecule has 2 heterocycles. The lowest BCUT2D eigenvalue weighted by molar-refractivity contribution is -0.143. The van der Waals surface area contributed by atoms with E-state index >= 15 is 0 Å². The van der Waals surface area contributed by atoms with Crippen molar-refractivity contribution in [3.8, 4) is 11.1 Å². The molecule has 0 aromatic heterocycles. The minimum absolute atomic E-state index is 0.0573. The molecule has 3 aliphatic rings. The van der Waals surface area contributed by atoms with E-state index in [1.165, 1.54) is 0 Å². The number of fused-ring (bicyclic) bond motifs is 5. The van der Waals surface area contributed by atoms with Crippen LogP contribution in [0, 0.1) is 11.8 Å². The van der Waals surface area contributed by atoms with Crippen molar-refractivity contribution in [2.45, 2.75) is 63.6 Å². The topological polar surface area (TPSA) is 95.9 Å². The number of carboxylic acids is 1. The van der Waals surface area contributed by atoms with E-state index in [2.05, 4.69) is 29.6 Å². The smallest absolute Gasteiger partial charge is 0.407 e. The number of hydrogen-bond acceptors (Lipinski definition) is 4. The van der Waals surface area contributed by atoms with Crippen molar-refractivity contribution >= 4 is 18.0 Å². The summed E-state index contributed by atoms with van der Waals surface area (Å²) < 4.78 is 5.68. The Morgan fingerprint density at radius 3 is 2.23 bits per heavy atom. The van der Waals surface area contributed by atoms with Gasteiger partial charge < -0.3 is 20.1 Å². The number of nitrogens with zero attached hydrogens (tertiary/aromatic N) is 1. The highest BCUT2D eigenvalue weighted by molar-refractivity contribution is 5.88. The fourth-order valence-corrected chi connectivity index (χ4v) is 6.25. The Morgan fingerprint density at radius 2 is 1.66 bits per heavy atom. The molecule has 2 N–H and O–H groups in total. The Bertz CT molecular complexity index is 1100. The summed E-state index contributed by atoms with van der Waals surface area (Å²) in [5, 5.41) is 12.4. The zero-order chi connectivity index (χ0) is 24.7. The molecule has 2 fully saturated rings. The number of hydrogen-bond donors (Lipinski definition) is 2. The molecule has 2 saturated heterocycles. The highest BCUT2D eigenvalue weighted by Gasteiger charge is 2.52. The molecule has 0 saturated carbocycles. The summed E-state index contributed by atoms with van der Waals surface area (Å²) in [6.45, 7) is 4.18. The minimum Gasteiger partial charge on any atom is -0.481 e. The quantitative estimate of drug-likeness (QED) is 0.617. The Kier molecular flexibility index (Phi) is 6.26. The standard InChI is InChI=1S/C28H32N2O5/c1-16(2)13-24(26(31)30-17-11-12-25(30)22(14-17)27(32)33)29-28(34)35-15-23-20-9-5-3-7-18(20)19-8-4-6-10-21(19)23/h3-10,16-17,22-25H,11-15H2,1-2H3,(H,29,34)(H,32,33)/t17-,22+,24?,25+/m1/s1. The first-order valence-corrected chi connectivity index (χ1v) is 12.5. The van der Waals surface area contributed by atoms with Gasteiger partial charge in [-0.05, 0) is 53.9 Å². The number of ether oxygens (including phenoxy) is 1. The Balaban J connectivity index is 1.27. The van der Waals surface area contributed by atoms with Gasteiger partial charge in [0.25, 0.3) is 0 Å². The van der Waals surface area contributed by atoms with Gasteiger partial charge in [-0.15, -0.1) is 0 Å². The number of rotatable bonds is 7. The summed E-state index contributed by atoms with van der Waals surface area (Å²) in [4.78, 5) is 39.8. The predicted octanol–water partition coefficient (Wildman–Crippen LogP) is 4.40. The maximum Gasteiger partial charge on any atom is 0.407 e. The second kappa shape index (κ2) is 9.36. The fourth-order valence-electron chi connectivity index (χ4n) is 6.25. The number of benzene rings is 2. The van der Waals surface area contributed by atoms with Crippen LogP contribution in [0.25, 0.3) is 11.1 Å². The SMILES string of the molecule is CC(C)CC(NC(=O)OCC1c2ccccc2-c2ccccc21)C(=O)N1[C@@H]2CC[C@H]1[C@@H](C(=O)O)C2. The Morgan fingerprint density at radius 1 is 1.03 bits per heavy atom. The molecular weight excluding hydrogens is 444 g/mol. The third kappa shape index (κ3) is 4.28. The molecule has 2 aromatic carbocycles. The number of carbonyl (C=O) groups excluding carboxylic acids is 2. The summed E-state index contributed by atoms with van der Waals surface area (Å²) in [5.41, 5.74) is 4.57. The van der Waals surface area contributed by atoms with E-state index in [1.54, 1.807) is 4.90 Å². The number of carboxylic acid groups (broad SMARTS) is 1. The van der Waals surface area contributed by atoms with E-state index < -0.39 is 24.0 Å². The lowest BCUT2D eigenvalue weighted by Crippen LogP contribution is -2.51. The number of amides is 2. The monoisotopic (exact) mass is 476 g/mol. The van der Waals surface area contributed by atoms with E-state index in [4.69, 9.17) is 4.74 Å². The first-order chi connectivity index (χ1) is 16.8. The number of alkyl carbamates (subject to hydrolysis) is 1. The van der Waals surface area contributed by atoms with Gasteiger partial charge in [0.05, 0.1) is 5.92 Å². The highest BCUT2D eigenvalue weighted by atomic mass is 16.5. The molecule has 2 bridgehead atoms. The average Bonchev–Trinajstić information content (AvgIpc) is 3.51. The molecule has 7 heteroatoms. The van der Waals surface area contributed by atoms with Crippen LogP contribution in [0.3, 0.4) is 0 Å². The zero-order valence-electron chi connectivity index (χ0n) is 20.1. The Labute approximate surface area is 205 Å². The van der Waals surface area contributed by atoms with Crippen molar-refractivity contribution in [3.05, 3.63) is 59.7 Å². The maximum atomic E-state index is 13.5. The van der Waals surface area contributed by atoms with Crippen LogP contribution in [0.1, 0.15) is 56.6 Å². The van der Waals surface area contributed by atoms with Gasteiger partial charge in [0.15, 0.2) is 0 Å². The molecular formula is C28H32N2O5. The van der Waals surface area contributed by atoms with Crippen molar-refractivity contribution in [2.24, 2.45) is 11.8 Å². The second-order valence-electron chi connectivity index (χ2n) is 10.4. The third-order valence-electron chi connectivity index (χ3n) is 7.75. The average molecular weight is 477 g/mol. The van der Waals surface area contributed by atoms with Crippen LogP contribution in [0.5, 0.6) is 0 Å². The summed E-state index contributed by atoms with van der Waals surface area (Å²) in [7, 11) is 0. The maximum absolute atomic E-state index is 13.5. The van der Waals surface area contributed by atoms with Gasteiger partial charge in [-0.25, -0.2) is 4.79 Å². The molecule has 0 spiro atoms. The summed E-state index contributed by atoms with van der Waals surface area (Å²) in [5.74, 6) is -1.44. The van der Waals surface area contributed by atoms with E-state index in [0.29, 0.717) is 19.3 Å². The van der Waals surface area contributed by atoms with Crippen molar-refractivity contribution < 1.29 is 24.2 Å². The van der Waals surface area contributed by atoms with Crippen LogP contribution in [-0.4, -0.2) is 52.7 Å². The molecule has 4 atom stereocenters. The number of aliphatic carboxylic acids is 1. The molecule has 5 rings (SSSR count). The summed E-state index contributed by atoms with van der Waals surface area (Å²) in [6, 6.07) is 15.2. The zero-order valence-corrected chi connectivity index (χ0v) is 20.1. The van der Waals surface area contributed by atoms with E-state index in [-0.39, 0.29) is 36.4 Å². The number of carbonyl (C=O) groups is 3. The van der Waals surface area contributed by atoms with Crippen molar-refractivity contribution in [1.29, 1.82) is 0 Å². The highest BCUT2D eigenvalue weighted by Crippen LogP contribution is 2.45. The summed E-state index contributed by atoms with van der Waals surface area (Å²) >= 11 is 0. The van der Waals surface area contributed by atoms with Crippen LogP contribution in [0.4, 0.5) is 4.79 Å². The first-order valence-electron chi connectivity index (χ1n) is 12.5. The van der Waals surface area contributed by atoms with Crippen LogP contribution < -0.4 is 5.32 Å². The van der Waals surface area contributed by atoms with E-state index in [0.717, 1.165) is 28.7 Å². The van der Waals surface area contributed by atoms with Gasteiger partial charge in [0.1, 0.15) is 12.6 Å². The third-order valence-corrected chi connectivity index (χ3v) is 7.75. The molecule has 1 aliphatic carbocycles. The molecule has 2 aromatic rings. The molecule has 0 radical (unpaired) electrons. The van der Waals surface area contributed by atoms with Gasteiger partial charge >= 0.3 is 12.1 Å². The van der Waals surface area contributed by atoms with E-state index in [9.17, 15) is 19.5 Å². The van der Waals surface area contributed by atoms with Crippen LogP contribution in [0.2, 0.25) is 0 Å². The van der Waals surface area contributed by atoms with Gasteiger partial charge in [0, 0.05) is 18.0 Å². The number of nitrogens with one attached hydrogen (secondary N) is 1. The van der Waals surface area contributed by atoms with Gasteiger partial charge in [-0.1, -0.05) is 62.4 Å². The predicted molar refractivity (Wildman–Crippen MR) is 131 cm³/mol. The Hall–Kier alpha value is -3.35. The van der Waals surface area contributed by atoms with Crippen molar-refractivity contribution in [3.63, 3.8) is 0 Å². The van der Waals surface area contributed by atoms with Gasteiger partial charge in [-0.2, -0.15) is 0 Å². The van der Waals surface area contributed by atoms with Crippen LogP contribution in [-0.2, 0) is 14.3 Å². The lowest BCUT2D eigenvalue weighted by Gasteiger charge is -2.29. The first kappa shape index (κ1) is 23.4. The fraction of sp³-hybridized carbons (Fsp3) is 0.464. The second-order valence-corrected chi connectivity index (χ2v) is 10.4. The largest absolute Gasteiger partial charge is 0.481 e. The minimum atomic E-state index is -0.847. The van der Waals surface area contributed by atoms with Crippen molar-refractivity contribution in [1.82, 2.24) is 10.2 Å². The molecule has 35 heavy (non-hydrogen) atoms. The normalized spacial score (nSPS) is 23.2. The van der Waals surface area contributed by atoms with Crippen LogP contribution >= 0.6 is 0 Å². The molecule has 2 aliphatic heterocycles. The van der Waals surface area contributed by atoms with Gasteiger partial charge in [-0.3, -0.25) is 9.59 Å². The molecule has 184 valence electrons. The molecule has 7 nitrogen and oxygen atoms in total.